The molecule has 2 aromatic carbocycles. The summed E-state index contributed by atoms with van der Waals surface area (Å²) < 4.78 is 55.4. The van der Waals surface area contributed by atoms with E-state index in [4.69, 9.17) is 26.1 Å². The molecule has 2 aliphatic carbocycles. The van der Waals surface area contributed by atoms with Gasteiger partial charge >= 0.3 is 12.1 Å². The van der Waals surface area contributed by atoms with E-state index >= 15 is 0 Å². The number of benzene rings is 2. The topological polar surface area (TPSA) is 138 Å². The maximum Gasteiger partial charge on any atom is 0.418 e. The fourth-order valence-corrected chi connectivity index (χ4v) is 9.14. The molecule has 2 N–H and O–H groups in total. The molecule has 10 nitrogen and oxygen atoms in total. The van der Waals surface area contributed by atoms with Crippen molar-refractivity contribution in [2.75, 3.05) is 26.8 Å². The summed E-state index contributed by atoms with van der Waals surface area (Å²) in [4.78, 5) is 34.7. The number of hydrogen-bond donors (Lipinski definition) is 2. The van der Waals surface area contributed by atoms with Gasteiger partial charge in [-0.2, -0.15) is 18.4 Å². The number of carbonyl (C=O) groups is 2. The number of nitrogens with one attached hydrogen (secondary N) is 1. The van der Waals surface area contributed by atoms with Crippen LogP contribution in [0.15, 0.2) is 54.6 Å². The number of nitriles is 1. The number of alkyl halides is 3. The van der Waals surface area contributed by atoms with E-state index in [1.165, 1.54) is 7.11 Å². The molecule has 2 aromatic heterocycles. The normalized spacial score (nSPS) is 20.6. The second-order valence-corrected chi connectivity index (χ2v) is 16.0. The van der Waals surface area contributed by atoms with E-state index in [2.05, 4.69) is 10.3 Å². The Labute approximate surface area is 340 Å². The standard InChI is InChI=1S/C44H45ClF3N5O5/c1-43(42(55)56)16-5-18-53(43)25-29-21-36(44(46,47)48)38(52-40(29)57-2)22-27-11-14-33-31(27)6-3-7-32(33)34-8-4-9-35(39(34)45)37-15-12-28(41(51-37)58-19-17-49)24-50-23-26-10-13-30(54)20-26/h3-4,6-9,12,15,21,26-27,50H,5,10-11,13-14,16,18-20,22-25H2,1-2H3,(H,55,56)/t26-,27-,43+/m1/s1. The van der Waals surface area contributed by atoms with Gasteiger partial charge in [0.25, 0.3) is 0 Å². The highest BCUT2D eigenvalue weighted by Gasteiger charge is 2.44. The Hall–Kier alpha value is -5.03. The van der Waals surface area contributed by atoms with Crippen LogP contribution in [0.2, 0.25) is 5.02 Å². The average molecular weight is 816 g/mol. The number of Topliss-reactive ketones (excluding diaryl/α,β-unsaturated/α-hetero) is 1. The van der Waals surface area contributed by atoms with Gasteiger partial charge < -0.3 is 19.9 Å². The number of aliphatic carboxylic acids is 1. The lowest BCUT2D eigenvalue weighted by molar-refractivity contribution is -0.149. The van der Waals surface area contributed by atoms with E-state index in [0.717, 1.165) is 40.3 Å². The molecule has 0 amide bonds. The first-order chi connectivity index (χ1) is 27.8. The Balaban J connectivity index is 1.15. The van der Waals surface area contributed by atoms with Gasteiger partial charge in [0.15, 0.2) is 6.61 Å². The Morgan fingerprint density at radius 2 is 1.84 bits per heavy atom. The minimum Gasteiger partial charge on any atom is -0.481 e. The highest BCUT2D eigenvalue weighted by atomic mass is 35.5. The van der Waals surface area contributed by atoms with E-state index in [-0.39, 0.29) is 48.4 Å². The summed E-state index contributed by atoms with van der Waals surface area (Å²) in [6.45, 7) is 2.95. The lowest BCUT2D eigenvalue weighted by Crippen LogP contribution is -2.47. The molecule has 2 fully saturated rings. The van der Waals surface area contributed by atoms with Crippen LogP contribution < -0.4 is 14.8 Å². The van der Waals surface area contributed by atoms with Gasteiger partial charge in [-0.1, -0.05) is 54.1 Å². The van der Waals surface area contributed by atoms with Crippen molar-refractivity contribution in [2.24, 2.45) is 5.92 Å². The molecule has 7 rings (SSSR count). The molecule has 1 saturated carbocycles. The predicted octanol–water partition coefficient (Wildman–Crippen LogP) is 8.56. The molecule has 0 radical (unpaired) electrons. The number of aromatic nitrogens is 2. The number of methoxy groups -OCH3 is 1. The molecule has 0 unspecified atom stereocenters. The van der Waals surface area contributed by atoms with Crippen LogP contribution in [-0.2, 0) is 41.7 Å². The van der Waals surface area contributed by atoms with Crippen LogP contribution in [0.25, 0.3) is 22.4 Å². The second-order valence-electron chi connectivity index (χ2n) is 15.6. The highest BCUT2D eigenvalue weighted by molar-refractivity contribution is 6.36. The van der Waals surface area contributed by atoms with Gasteiger partial charge in [-0.3, -0.25) is 14.5 Å². The van der Waals surface area contributed by atoms with E-state index < -0.39 is 23.2 Å². The Kier molecular flexibility index (Phi) is 12.1. The summed E-state index contributed by atoms with van der Waals surface area (Å²) in [5.41, 5.74) is 3.57. The van der Waals surface area contributed by atoms with Crippen LogP contribution in [-0.4, -0.2) is 64.1 Å². The Bertz CT molecular complexity index is 2260. The highest BCUT2D eigenvalue weighted by Crippen LogP contribution is 2.46. The summed E-state index contributed by atoms with van der Waals surface area (Å²) in [6, 6.07) is 18.3. The van der Waals surface area contributed by atoms with Crippen molar-refractivity contribution in [3.8, 4) is 40.2 Å². The average Bonchev–Trinajstić information content (AvgIpc) is 3.92. The molecule has 3 aliphatic rings. The van der Waals surface area contributed by atoms with E-state index in [9.17, 15) is 33.1 Å². The molecule has 3 atom stereocenters. The van der Waals surface area contributed by atoms with Gasteiger partial charge in [0.2, 0.25) is 11.8 Å². The fraction of sp³-hybridized carbons (Fsp3) is 0.432. The van der Waals surface area contributed by atoms with Crippen LogP contribution in [0.4, 0.5) is 13.2 Å². The zero-order chi connectivity index (χ0) is 41.2. The molecule has 1 saturated heterocycles. The number of hydrogen-bond acceptors (Lipinski definition) is 9. The SMILES string of the molecule is COc1nc(C[C@H]2CCc3c(-c4cccc(-c5ccc(CNC[C@@H]6CCC(=O)C6)c(OCC#N)n5)c4Cl)cccc32)c(C(F)(F)F)cc1CN1CCC[C@@]1(C)C(=O)O. The van der Waals surface area contributed by atoms with Crippen molar-refractivity contribution < 1.29 is 37.3 Å². The summed E-state index contributed by atoms with van der Waals surface area (Å²) in [5, 5.41) is 23.0. The number of ketones is 1. The summed E-state index contributed by atoms with van der Waals surface area (Å²) in [6.07, 6.45) is -0.348. The lowest BCUT2D eigenvalue weighted by Gasteiger charge is -2.31. The Morgan fingerprint density at radius 3 is 2.57 bits per heavy atom. The van der Waals surface area contributed by atoms with Crippen molar-refractivity contribution in [1.29, 1.82) is 5.26 Å². The van der Waals surface area contributed by atoms with Gasteiger partial charge in [-0.25, -0.2) is 9.97 Å². The van der Waals surface area contributed by atoms with Crippen LogP contribution >= 0.6 is 11.6 Å². The number of carbonyl (C=O) groups excluding carboxylic acids is 1. The van der Waals surface area contributed by atoms with Crippen LogP contribution in [0.1, 0.15) is 84.9 Å². The number of ether oxygens (including phenoxy) is 2. The summed E-state index contributed by atoms with van der Waals surface area (Å²) in [5.74, 6) is -0.319. The van der Waals surface area contributed by atoms with Crippen molar-refractivity contribution in [2.45, 2.75) is 89.0 Å². The molecule has 58 heavy (non-hydrogen) atoms. The molecule has 304 valence electrons. The number of carboxylic acid groups (broad SMARTS) is 1. The number of nitrogens with zero attached hydrogens (tertiary/aromatic N) is 4. The molecule has 0 spiro atoms. The van der Waals surface area contributed by atoms with Crippen LogP contribution in [0, 0.1) is 17.2 Å². The van der Waals surface area contributed by atoms with Gasteiger partial charge in [-0.15, -0.1) is 0 Å². The van der Waals surface area contributed by atoms with Crippen LogP contribution in [0.3, 0.4) is 0 Å². The maximum absolute atomic E-state index is 14.7. The predicted molar refractivity (Wildman–Crippen MR) is 212 cm³/mol. The van der Waals surface area contributed by atoms with Crippen molar-refractivity contribution >= 4 is 23.4 Å². The largest absolute Gasteiger partial charge is 0.481 e. The third-order valence-corrected chi connectivity index (χ3v) is 12.4. The molecule has 0 bridgehead atoms. The zero-order valence-electron chi connectivity index (χ0n) is 32.4. The molecule has 4 aromatic rings. The monoisotopic (exact) mass is 815 g/mol. The number of likely N-dealkylation sites (tertiary alicyclic amines) is 1. The summed E-state index contributed by atoms with van der Waals surface area (Å²) in [7, 11) is 1.36. The Morgan fingerprint density at radius 1 is 1.07 bits per heavy atom. The van der Waals surface area contributed by atoms with E-state index in [1.54, 1.807) is 11.8 Å². The third-order valence-electron chi connectivity index (χ3n) is 12.0. The van der Waals surface area contributed by atoms with Crippen molar-refractivity contribution in [1.82, 2.24) is 20.2 Å². The number of rotatable bonds is 14. The second kappa shape index (κ2) is 17.1. The van der Waals surface area contributed by atoms with Gasteiger partial charge in [0, 0.05) is 48.2 Å². The smallest absolute Gasteiger partial charge is 0.418 e. The first kappa shape index (κ1) is 41.1. The molecule has 1 aliphatic heterocycles. The van der Waals surface area contributed by atoms with Gasteiger partial charge in [0.1, 0.15) is 17.4 Å². The van der Waals surface area contributed by atoms with Crippen LogP contribution in [0.5, 0.6) is 11.8 Å². The summed E-state index contributed by atoms with van der Waals surface area (Å²) >= 11 is 7.17. The van der Waals surface area contributed by atoms with Gasteiger partial charge in [-0.05, 0) is 99.2 Å². The van der Waals surface area contributed by atoms with E-state index in [1.807, 2.05) is 54.6 Å². The minimum absolute atomic E-state index is 0.0294. The van der Waals surface area contributed by atoms with Gasteiger partial charge in [0.05, 0.1) is 29.1 Å². The molecular formula is C44H45ClF3N5O5. The maximum atomic E-state index is 14.7. The third kappa shape index (κ3) is 8.42. The molecular weight excluding hydrogens is 771 g/mol. The molecule has 3 heterocycles. The first-order valence-corrected chi connectivity index (χ1v) is 19.9. The minimum atomic E-state index is -4.69. The zero-order valence-corrected chi connectivity index (χ0v) is 33.2. The molecule has 14 heteroatoms. The number of pyridine rings is 2. The van der Waals surface area contributed by atoms with E-state index in [0.29, 0.717) is 86.2 Å². The first-order valence-electron chi connectivity index (χ1n) is 19.6. The fourth-order valence-electron chi connectivity index (χ4n) is 8.82. The quantitative estimate of drug-likeness (QED) is 0.127. The number of halogens is 4. The van der Waals surface area contributed by atoms with Crippen molar-refractivity contribution in [3.05, 3.63) is 93.1 Å². The van der Waals surface area contributed by atoms with Crippen molar-refractivity contribution in [3.63, 3.8) is 0 Å². The number of fused-ring (bicyclic) bond motifs is 1. The number of carboxylic acids is 1. The lowest BCUT2D eigenvalue weighted by atomic mass is 9.90.